The summed E-state index contributed by atoms with van der Waals surface area (Å²) < 4.78 is 39.3. The number of carbonyl (C=O) groups is 2. The Labute approximate surface area is 213 Å². The van der Waals surface area contributed by atoms with Crippen LogP contribution in [0.25, 0.3) is 11.5 Å². The molecule has 0 radical (unpaired) electrons. The van der Waals surface area contributed by atoms with Crippen LogP contribution in [0.5, 0.6) is 5.75 Å². The first kappa shape index (κ1) is 25.0. The molecule has 1 fully saturated rings. The topological polar surface area (TPSA) is 89.6 Å². The van der Waals surface area contributed by atoms with E-state index in [1.54, 1.807) is 42.5 Å². The van der Waals surface area contributed by atoms with Crippen molar-refractivity contribution in [3.8, 4) is 17.2 Å². The fourth-order valence-electron chi connectivity index (χ4n) is 5.19. The van der Waals surface area contributed by atoms with Gasteiger partial charge in [-0.3, -0.25) is 14.3 Å². The van der Waals surface area contributed by atoms with E-state index in [4.69, 9.17) is 9.15 Å². The van der Waals surface area contributed by atoms with Crippen molar-refractivity contribution >= 4 is 11.8 Å². The molecule has 2 amide bonds. The molecule has 196 valence electrons. The van der Waals surface area contributed by atoms with Crippen LogP contribution in [0.3, 0.4) is 0 Å². The van der Waals surface area contributed by atoms with Crippen molar-refractivity contribution in [3.63, 3.8) is 0 Å². The van der Waals surface area contributed by atoms with Gasteiger partial charge in [0.25, 0.3) is 11.8 Å². The van der Waals surface area contributed by atoms with Crippen LogP contribution in [0.4, 0.5) is 8.78 Å². The Morgan fingerprint density at radius 1 is 1.14 bits per heavy atom. The number of fused-ring (bicyclic) bond motifs is 1. The predicted octanol–water partition coefficient (Wildman–Crippen LogP) is 4.65. The van der Waals surface area contributed by atoms with Crippen molar-refractivity contribution in [2.24, 2.45) is 0 Å². The van der Waals surface area contributed by atoms with Gasteiger partial charge in [0.15, 0.2) is 11.3 Å². The third-order valence-electron chi connectivity index (χ3n) is 7.27. The number of furan rings is 1. The Balaban J connectivity index is 1.50. The number of halogens is 2. The number of carbonyl (C=O) groups excluding carboxylic acids is 2. The fourth-order valence-corrected chi connectivity index (χ4v) is 5.19. The molecule has 1 atom stereocenters. The lowest BCUT2D eigenvalue weighted by Crippen LogP contribution is -2.67. The number of benzene rings is 1. The molecular formula is C27H30F2N4O4. The van der Waals surface area contributed by atoms with Gasteiger partial charge < -0.3 is 19.4 Å². The number of hydrogen-bond donors (Lipinski definition) is 1. The zero-order valence-electron chi connectivity index (χ0n) is 20.5. The first-order chi connectivity index (χ1) is 18.0. The quantitative estimate of drug-likeness (QED) is 0.444. The van der Waals surface area contributed by atoms with E-state index in [-0.39, 0.29) is 24.8 Å². The van der Waals surface area contributed by atoms with Crippen molar-refractivity contribution in [1.29, 1.82) is 0 Å². The Morgan fingerprint density at radius 2 is 1.89 bits per heavy atom. The van der Waals surface area contributed by atoms with Gasteiger partial charge >= 0.3 is 0 Å². The molecule has 3 aromatic rings. The molecule has 2 aromatic heterocycles. The summed E-state index contributed by atoms with van der Waals surface area (Å²) in [6.07, 6.45) is 7.38. The van der Waals surface area contributed by atoms with Gasteiger partial charge in [-0.2, -0.15) is 5.10 Å². The van der Waals surface area contributed by atoms with Crippen LogP contribution in [-0.2, 0) is 17.9 Å². The maximum Gasteiger partial charge on any atom is 0.273 e. The Kier molecular flexibility index (Phi) is 7.25. The highest BCUT2D eigenvalue weighted by atomic mass is 19.1. The summed E-state index contributed by atoms with van der Waals surface area (Å²) in [5, 5.41) is 7.53. The van der Waals surface area contributed by atoms with E-state index in [9.17, 15) is 14.0 Å². The van der Waals surface area contributed by atoms with E-state index in [2.05, 4.69) is 10.4 Å². The van der Waals surface area contributed by atoms with Crippen molar-refractivity contribution in [2.75, 3.05) is 13.5 Å². The minimum absolute atomic E-state index is 0.0159. The first-order valence-electron chi connectivity index (χ1n) is 12.6. The van der Waals surface area contributed by atoms with Crippen LogP contribution < -0.4 is 10.1 Å². The van der Waals surface area contributed by atoms with Gasteiger partial charge in [0.1, 0.15) is 23.8 Å². The second kappa shape index (κ2) is 10.7. The molecule has 0 bridgehead atoms. The standard InChI is InChI=1S/C27H30F2N4O4/c28-16-27(26(35)30-20-6-3-1-2-4-7-20)17-33-23(14-22(31-33)24-8-5-13-36-24)25(34)32(27)15-19-9-11-21(12-10-19)37-18-29/h5,8-14,20H,1-4,6-7,15-18H2,(H,30,35). The Hall–Kier alpha value is -3.69. The third-order valence-corrected chi connectivity index (χ3v) is 7.27. The lowest BCUT2D eigenvalue weighted by molar-refractivity contribution is -0.136. The molecule has 37 heavy (non-hydrogen) atoms. The molecule has 8 nitrogen and oxygen atoms in total. The van der Waals surface area contributed by atoms with Crippen molar-refractivity contribution < 1.29 is 27.5 Å². The maximum absolute atomic E-state index is 15.1. The average molecular weight is 513 g/mol. The summed E-state index contributed by atoms with van der Waals surface area (Å²) in [7, 11) is 0. The minimum atomic E-state index is -1.78. The molecule has 1 aliphatic carbocycles. The van der Waals surface area contributed by atoms with E-state index < -0.39 is 30.9 Å². The van der Waals surface area contributed by atoms with Gasteiger partial charge in [0.2, 0.25) is 6.86 Å². The number of hydrogen-bond acceptors (Lipinski definition) is 5. The first-order valence-corrected chi connectivity index (χ1v) is 12.6. The van der Waals surface area contributed by atoms with Gasteiger partial charge in [0, 0.05) is 18.7 Å². The smallest absolute Gasteiger partial charge is 0.273 e. The minimum Gasteiger partial charge on any atom is -0.463 e. The van der Waals surface area contributed by atoms with Crippen molar-refractivity contribution in [1.82, 2.24) is 20.0 Å². The molecule has 0 saturated heterocycles. The summed E-state index contributed by atoms with van der Waals surface area (Å²) in [4.78, 5) is 28.9. The number of alkyl halides is 2. The van der Waals surface area contributed by atoms with Crippen LogP contribution in [0.1, 0.15) is 54.6 Å². The number of aromatic nitrogens is 2. The molecule has 10 heteroatoms. The zero-order valence-corrected chi connectivity index (χ0v) is 20.5. The van der Waals surface area contributed by atoms with E-state index in [0.717, 1.165) is 38.5 Å². The van der Waals surface area contributed by atoms with Crippen LogP contribution in [0, 0.1) is 0 Å². The predicted molar refractivity (Wildman–Crippen MR) is 131 cm³/mol. The molecule has 1 saturated carbocycles. The lowest BCUT2D eigenvalue weighted by Gasteiger charge is -2.44. The number of nitrogens with one attached hydrogen (secondary N) is 1. The van der Waals surface area contributed by atoms with Gasteiger partial charge in [-0.25, -0.2) is 8.78 Å². The van der Waals surface area contributed by atoms with Crippen LogP contribution >= 0.6 is 0 Å². The summed E-state index contributed by atoms with van der Waals surface area (Å²) in [5.41, 5.74) is -0.453. The molecule has 3 heterocycles. The SMILES string of the molecule is O=C1c2cc(-c3ccco3)nn2CC(CF)(C(=O)NC2CCCCCC2)N1Cc1ccc(OCF)cc1. The molecule has 2 aliphatic rings. The van der Waals surface area contributed by atoms with Crippen LogP contribution in [0.2, 0.25) is 0 Å². The Bertz CT molecular complexity index is 1220. The normalized spacial score (nSPS) is 20.4. The van der Waals surface area contributed by atoms with Crippen molar-refractivity contribution in [3.05, 3.63) is 60.0 Å². The fraction of sp³-hybridized carbons (Fsp3) is 0.444. The molecule has 1 N–H and O–H groups in total. The molecule has 1 aliphatic heterocycles. The average Bonchev–Trinajstić information content (AvgIpc) is 3.52. The van der Waals surface area contributed by atoms with Gasteiger partial charge in [-0.15, -0.1) is 0 Å². The highest BCUT2D eigenvalue weighted by molar-refractivity contribution is 6.00. The summed E-state index contributed by atoms with van der Waals surface area (Å²) in [6.45, 7) is -2.18. The maximum atomic E-state index is 15.1. The molecule has 1 unspecified atom stereocenters. The molecule has 0 spiro atoms. The lowest BCUT2D eigenvalue weighted by atomic mass is 9.92. The van der Waals surface area contributed by atoms with Gasteiger partial charge in [-0.05, 0) is 42.7 Å². The third kappa shape index (κ3) is 4.97. The zero-order chi connectivity index (χ0) is 25.8. The van der Waals surface area contributed by atoms with Crippen LogP contribution in [-0.4, -0.2) is 51.6 Å². The Morgan fingerprint density at radius 3 is 2.54 bits per heavy atom. The monoisotopic (exact) mass is 512 g/mol. The summed E-state index contributed by atoms with van der Waals surface area (Å²) >= 11 is 0. The van der Waals surface area contributed by atoms with Gasteiger partial charge in [-0.1, -0.05) is 37.8 Å². The van der Waals surface area contributed by atoms with E-state index in [1.807, 2.05) is 0 Å². The van der Waals surface area contributed by atoms with E-state index in [1.165, 1.54) is 15.8 Å². The van der Waals surface area contributed by atoms with Crippen molar-refractivity contribution in [2.45, 2.75) is 63.2 Å². The highest BCUT2D eigenvalue weighted by Crippen LogP contribution is 2.33. The number of amides is 2. The van der Waals surface area contributed by atoms with E-state index in [0.29, 0.717) is 22.8 Å². The summed E-state index contributed by atoms with van der Waals surface area (Å²) in [6, 6.07) is 11.5. The molecule has 5 rings (SSSR count). The largest absolute Gasteiger partial charge is 0.463 e. The van der Waals surface area contributed by atoms with Gasteiger partial charge in [0.05, 0.1) is 12.8 Å². The molecular weight excluding hydrogens is 482 g/mol. The number of nitrogens with zero attached hydrogens (tertiary/aromatic N) is 3. The van der Waals surface area contributed by atoms with E-state index >= 15 is 4.39 Å². The second-order valence-corrected chi connectivity index (χ2v) is 9.67. The van der Waals surface area contributed by atoms with Crippen LogP contribution in [0.15, 0.2) is 53.1 Å². The number of rotatable bonds is 8. The number of ether oxygens (including phenoxy) is 1. The highest BCUT2D eigenvalue weighted by Gasteiger charge is 2.52. The molecule has 1 aromatic carbocycles. The second-order valence-electron chi connectivity index (χ2n) is 9.67. The summed E-state index contributed by atoms with van der Waals surface area (Å²) in [5.74, 6) is -0.221.